The van der Waals surface area contributed by atoms with Gasteiger partial charge in [0, 0.05) is 6.20 Å². The highest BCUT2D eigenvalue weighted by Gasteiger charge is 1.98. The SMILES string of the molecule is N#CCc1ccc(-c2ccn[nH]2)cc1. The molecule has 2 aromatic rings. The molecule has 0 saturated heterocycles. The van der Waals surface area contributed by atoms with Crippen molar-refractivity contribution in [3.8, 4) is 17.3 Å². The van der Waals surface area contributed by atoms with E-state index in [1.54, 1.807) is 6.20 Å². The first-order valence-corrected chi connectivity index (χ1v) is 4.36. The number of aromatic amines is 1. The van der Waals surface area contributed by atoms with Crippen LogP contribution in [0.15, 0.2) is 36.5 Å². The normalized spacial score (nSPS) is 9.64. The molecule has 1 aromatic carbocycles. The summed E-state index contributed by atoms with van der Waals surface area (Å²) in [6, 6.07) is 11.9. The molecule has 0 aliphatic heterocycles. The predicted molar refractivity (Wildman–Crippen MR) is 53.3 cm³/mol. The van der Waals surface area contributed by atoms with Gasteiger partial charge in [-0.15, -0.1) is 0 Å². The van der Waals surface area contributed by atoms with E-state index in [0.29, 0.717) is 6.42 Å². The van der Waals surface area contributed by atoms with Crippen LogP contribution in [-0.2, 0) is 6.42 Å². The molecule has 68 valence electrons. The number of benzene rings is 1. The first-order chi connectivity index (χ1) is 6.90. The maximum absolute atomic E-state index is 8.51. The van der Waals surface area contributed by atoms with E-state index in [1.165, 1.54) is 0 Å². The van der Waals surface area contributed by atoms with E-state index in [2.05, 4.69) is 16.3 Å². The molecule has 0 bridgehead atoms. The molecule has 0 saturated carbocycles. The van der Waals surface area contributed by atoms with Gasteiger partial charge in [0.05, 0.1) is 18.2 Å². The zero-order valence-corrected chi connectivity index (χ0v) is 7.57. The molecule has 0 atom stereocenters. The Morgan fingerprint density at radius 3 is 2.57 bits per heavy atom. The van der Waals surface area contributed by atoms with Crippen LogP contribution in [0.25, 0.3) is 11.3 Å². The number of nitrogens with zero attached hydrogens (tertiary/aromatic N) is 2. The first kappa shape index (κ1) is 8.52. The Bertz CT molecular complexity index is 434. The fourth-order valence-electron chi connectivity index (χ4n) is 1.31. The zero-order valence-electron chi connectivity index (χ0n) is 7.57. The van der Waals surface area contributed by atoms with Crippen molar-refractivity contribution in [1.29, 1.82) is 5.26 Å². The van der Waals surface area contributed by atoms with E-state index >= 15 is 0 Å². The van der Waals surface area contributed by atoms with Gasteiger partial charge in [0.1, 0.15) is 0 Å². The van der Waals surface area contributed by atoms with E-state index < -0.39 is 0 Å². The van der Waals surface area contributed by atoms with Crippen molar-refractivity contribution in [2.45, 2.75) is 6.42 Å². The third-order valence-electron chi connectivity index (χ3n) is 2.05. The molecule has 14 heavy (non-hydrogen) atoms. The van der Waals surface area contributed by atoms with Crippen LogP contribution in [0.2, 0.25) is 0 Å². The Labute approximate surface area is 82.0 Å². The van der Waals surface area contributed by atoms with Gasteiger partial charge in [0.25, 0.3) is 0 Å². The Hall–Kier alpha value is -2.08. The van der Waals surface area contributed by atoms with E-state index in [0.717, 1.165) is 16.8 Å². The Balaban J connectivity index is 2.27. The number of rotatable bonds is 2. The maximum atomic E-state index is 8.51. The van der Waals surface area contributed by atoms with E-state index in [-0.39, 0.29) is 0 Å². The molecule has 3 nitrogen and oxygen atoms in total. The molecule has 0 aliphatic carbocycles. The predicted octanol–water partition coefficient (Wildman–Crippen LogP) is 2.14. The minimum absolute atomic E-state index is 0.462. The van der Waals surface area contributed by atoms with Gasteiger partial charge in [-0.05, 0) is 17.2 Å². The molecule has 0 radical (unpaired) electrons. The second-order valence-electron chi connectivity index (χ2n) is 3.00. The van der Waals surface area contributed by atoms with E-state index in [4.69, 9.17) is 5.26 Å². The van der Waals surface area contributed by atoms with Crippen LogP contribution in [0.1, 0.15) is 5.56 Å². The van der Waals surface area contributed by atoms with Crippen LogP contribution >= 0.6 is 0 Å². The first-order valence-electron chi connectivity index (χ1n) is 4.36. The highest BCUT2D eigenvalue weighted by molar-refractivity contribution is 5.58. The van der Waals surface area contributed by atoms with Crippen LogP contribution in [0.4, 0.5) is 0 Å². The smallest absolute Gasteiger partial charge is 0.0669 e. The van der Waals surface area contributed by atoms with Crippen LogP contribution in [0.5, 0.6) is 0 Å². The highest BCUT2D eigenvalue weighted by Crippen LogP contribution is 2.16. The van der Waals surface area contributed by atoms with Crippen molar-refractivity contribution in [2.75, 3.05) is 0 Å². The molecule has 0 fully saturated rings. The van der Waals surface area contributed by atoms with Gasteiger partial charge in [-0.3, -0.25) is 5.10 Å². The minimum Gasteiger partial charge on any atom is -0.278 e. The van der Waals surface area contributed by atoms with Gasteiger partial charge < -0.3 is 0 Å². The highest BCUT2D eigenvalue weighted by atomic mass is 15.1. The molecule has 1 heterocycles. The maximum Gasteiger partial charge on any atom is 0.0669 e. The quantitative estimate of drug-likeness (QED) is 0.775. The molecule has 0 aliphatic rings. The fourth-order valence-corrected chi connectivity index (χ4v) is 1.31. The summed E-state index contributed by atoms with van der Waals surface area (Å²) < 4.78 is 0. The van der Waals surface area contributed by atoms with Crippen LogP contribution in [0.3, 0.4) is 0 Å². The molecule has 0 unspecified atom stereocenters. The van der Waals surface area contributed by atoms with E-state index in [1.807, 2.05) is 30.3 Å². The summed E-state index contributed by atoms with van der Waals surface area (Å²) in [7, 11) is 0. The Kier molecular flexibility index (Phi) is 2.28. The summed E-state index contributed by atoms with van der Waals surface area (Å²) in [5, 5.41) is 15.3. The third kappa shape index (κ3) is 1.64. The molecular weight excluding hydrogens is 174 g/mol. The van der Waals surface area contributed by atoms with Crippen LogP contribution in [-0.4, -0.2) is 10.2 Å². The molecule has 2 rings (SSSR count). The summed E-state index contributed by atoms with van der Waals surface area (Å²) in [4.78, 5) is 0. The van der Waals surface area contributed by atoms with Crippen molar-refractivity contribution in [3.05, 3.63) is 42.1 Å². The van der Waals surface area contributed by atoms with Crippen molar-refractivity contribution in [1.82, 2.24) is 10.2 Å². The zero-order chi connectivity index (χ0) is 9.80. The minimum atomic E-state index is 0.462. The van der Waals surface area contributed by atoms with E-state index in [9.17, 15) is 0 Å². The standard InChI is InChI=1S/C11H9N3/c12-7-5-9-1-3-10(4-2-9)11-6-8-13-14-11/h1-4,6,8H,5H2,(H,13,14). The lowest BCUT2D eigenvalue weighted by molar-refractivity contribution is 1.09. The summed E-state index contributed by atoms with van der Waals surface area (Å²) >= 11 is 0. The molecule has 1 aromatic heterocycles. The van der Waals surface area contributed by atoms with Crippen LogP contribution in [0, 0.1) is 11.3 Å². The topological polar surface area (TPSA) is 52.5 Å². The van der Waals surface area contributed by atoms with Gasteiger partial charge in [-0.2, -0.15) is 10.4 Å². The second kappa shape index (κ2) is 3.75. The van der Waals surface area contributed by atoms with Crippen molar-refractivity contribution in [3.63, 3.8) is 0 Å². The number of nitrogens with one attached hydrogen (secondary N) is 1. The number of hydrogen-bond donors (Lipinski definition) is 1. The molecule has 0 amide bonds. The number of H-pyrrole nitrogens is 1. The molecular formula is C11H9N3. The number of aromatic nitrogens is 2. The molecule has 1 N–H and O–H groups in total. The summed E-state index contributed by atoms with van der Waals surface area (Å²) in [5.74, 6) is 0. The average molecular weight is 183 g/mol. The average Bonchev–Trinajstić information content (AvgIpc) is 2.72. The Morgan fingerprint density at radius 2 is 2.00 bits per heavy atom. The fraction of sp³-hybridized carbons (Fsp3) is 0.0909. The second-order valence-corrected chi connectivity index (χ2v) is 3.00. The third-order valence-corrected chi connectivity index (χ3v) is 2.05. The monoisotopic (exact) mass is 183 g/mol. The summed E-state index contributed by atoms with van der Waals surface area (Å²) in [5.41, 5.74) is 3.12. The summed E-state index contributed by atoms with van der Waals surface area (Å²) in [6.07, 6.45) is 2.18. The van der Waals surface area contributed by atoms with Crippen molar-refractivity contribution in [2.24, 2.45) is 0 Å². The lowest BCUT2D eigenvalue weighted by Gasteiger charge is -1.98. The van der Waals surface area contributed by atoms with Gasteiger partial charge in [-0.1, -0.05) is 24.3 Å². The number of hydrogen-bond acceptors (Lipinski definition) is 2. The largest absolute Gasteiger partial charge is 0.278 e. The lowest BCUT2D eigenvalue weighted by atomic mass is 10.1. The Morgan fingerprint density at radius 1 is 1.21 bits per heavy atom. The van der Waals surface area contributed by atoms with Gasteiger partial charge in [0.2, 0.25) is 0 Å². The van der Waals surface area contributed by atoms with Crippen molar-refractivity contribution < 1.29 is 0 Å². The summed E-state index contributed by atoms with van der Waals surface area (Å²) in [6.45, 7) is 0. The van der Waals surface area contributed by atoms with Gasteiger partial charge >= 0.3 is 0 Å². The van der Waals surface area contributed by atoms with Crippen LogP contribution < -0.4 is 0 Å². The van der Waals surface area contributed by atoms with Gasteiger partial charge in [0.15, 0.2) is 0 Å². The lowest BCUT2D eigenvalue weighted by Crippen LogP contribution is -1.82. The number of nitriles is 1. The molecule has 3 heteroatoms. The van der Waals surface area contributed by atoms with Crippen molar-refractivity contribution >= 4 is 0 Å². The molecule has 0 spiro atoms. The van der Waals surface area contributed by atoms with Gasteiger partial charge in [-0.25, -0.2) is 0 Å².